The third-order valence-corrected chi connectivity index (χ3v) is 6.67. The molecule has 25 heavy (non-hydrogen) atoms. The molecular formula is C17H31N3O4S. The molecule has 8 heteroatoms. The van der Waals surface area contributed by atoms with Crippen molar-refractivity contribution in [1.82, 2.24) is 14.5 Å². The van der Waals surface area contributed by atoms with E-state index in [-0.39, 0.29) is 23.3 Å². The number of amides is 2. The van der Waals surface area contributed by atoms with Gasteiger partial charge < -0.3 is 10.2 Å². The van der Waals surface area contributed by atoms with E-state index in [4.69, 9.17) is 0 Å². The second-order valence-corrected chi connectivity index (χ2v) is 9.59. The second kappa shape index (κ2) is 7.61. The first kappa shape index (κ1) is 20.2. The highest BCUT2D eigenvalue weighted by Crippen LogP contribution is 2.37. The number of hydrogen-bond donors (Lipinski definition) is 1. The van der Waals surface area contributed by atoms with Crippen molar-refractivity contribution in [2.24, 2.45) is 5.92 Å². The molecule has 1 aliphatic carbocycles. The molecule has 2 amide bonds. The molecule has 144 valence electrons. The van der Waals surface area contributed by atoms with E-state index < -0.39 is 16.1 Å². The summed E-state index contributed by atoms with van der Waals surface area (Å²) in [6.45, 7) is 4.70. The van der Waals surface area contributed by atoms with Crippen molar-refractivity contribution >= 4 is 21.8 Å². The van der Waals surface area contributed by atoms with Crippen molar-refractivity contribution in [1.29, 1.82) is 0 Å². The van der Waals surface area contributed by atoms with Crippen LogP contribution in [0.25, 0.3) is 0 Å². The maximum Gasteiger partial charge on any atom is 0.240 e. The number of nitrogens with zero attached hydrogens (tertiary/aromatic N) is 2. The van der Waals surface area contributed by atoms with E-state index >= 15 is 0 Å². The smallest absolute Gasteiger partial charge is 0.240 e. The maximum absolute atomic E-state index is 12.8. The Morgan fingerprint density at radius 2 is 1.96 bits per heavy atom. The van der Waals surface area contributed by atoms with Crippen LogP contribution in [0.4, 0.5) is 0 Å². The number of piperidine rings is 1. The summed E-state index contributed by atoms with van der Waals surface area (Å²) >= 11 is 0. The second-order valence-electron chi connectivity index (χ2n) is 7.66. The zero-order chi connectivity index (χ0) is 18.8. The van der Waals surface area contributed by atoms with Gasteiger partial charge in [-0.05, 0) is 32.1 Å². The Labute approximate surface area is 151 Å². The number of carbonyl (C=O) groups excluding carboxylic acids is 2. The standard InChI is InChI=1S/C17H31N3O4S/c1-5-13(2)15(21)18-17(9-10-17)12-19(3)16(22)14-8-6-7-11-20(14)25(4,23)24/h13-14H,5-12H2,1-4H3,(H,18,21). The Morgan fingerprint density at radius 1 is 1.32 bits per heavy atom. The van der Waals surface area contributed by atoms with Gasteiger partial charge in [-0.25, -0.2) is 8.42 Å². The lowest BCUT2D eigenvalue weighted by Gasteiger charge is -2.36. The molecule has 2 fully saturated rings. The van der Waals surface area contributed by atoms with Crippen LogP contribution in [0.3, 0.4) is 0 Å². The van der Waals surface area contributed by atoms with E-state index in [1.165, 1.54) is 4.31 Å². The molecular weight excluding hydrogens is 342 g/mol. The fourth-order valence-electron chi connectivity index (χ4n) is 3.38. The van der Waals surface area contributed by atoms with E-state index in [2.05, 4.69) is 5.32 Å². The number of nitrogens with one attached hydrogen (secondary N) is 1. The topological polar surface area (TPSA) is 86.8 Å². The molecule has 2 aliphatic rings. The highest BCUT2D eigenvalue weighted by molar-refractivity contribution is 7.88. The lowest BCUT2D eigenvalue weighted by atomic mass is 10.0. The number of likely N-dealkylation sites (N-methyl/N-ethyl adjacent to an activating group) is 1. The summed E-state index contributed by atoms with van der Waals surface area (Å²) in [4.78, 5) is 26.6. The SMILES string of the molecule is CCC(C)C(=O)NC1(CN(C)C(=O)C2CCCCN2S(C)(=O)=O)CC1. The fraction of sp³-hybridized carbons (Fsp3) is 0.882. The Kier molecular flexibility index (Phi) is 6.14. The Balaban J connectivity index is 2.01. The molecule has 1 saturated heterocycles. The van der Waals surface area contributed by atoms with Crippen molar-refractivity contribution in [2.75, 3.05) is 26.4 Å². The predicted octanol–water partition coefficient (Wildman–Crippen LogP) is 0.954. The van der Waals surface area contributed by atoms with Crippen LogP contribution in [0.2, 0.25) is 0 Å². The summed E-state index contributed by atoms with van der Waals surface area (Å²) < 4.78 is 25.3. The van der Waals surface area contributed by atoms with Crippen LogP contribution >= 0.6 is 0 Å². The van der Waals surface area contributed by atoms with Crippen LogP contribution in [0.15, 0.2) is 0 Å². The van der Waals surface area contributed by atoms with Gasteiger partial charge in [-0.2, -0.15) is 4.31 Å². The van der Waals surface area contributed by atoms with E-state index in [1.54, 1.807) is 11.9 Å². The zero-order valence-electron chi connectivity index (χ0n) is 15.7. The summed E-state index contributed by atoms with van der Waals surface area (Å²) in [5, 5.41) is 3.08. The van der Waals surface area contributed by atoms with E-state index in [9.17, 15) is 18.0 Å². The van der Waals surface area contributed by atoms with Crippen molar-refractivity contribution in [3.63, 3.8) is 0 Å². The van der Waals surface area contributed by atoms with E-state index in [0.717, 1.165) is 38.4 Å². The van der Waals surface area contributed by atoms with Gasteiger partial charge in [-0.15, -0.1) is 0 Å². The molecule has 0 aromatic carbocycles. The summed E-state index contributed by atoms with van der Waals surface area (Å²) in [6.07, 6.45) is 5.85. The largest absolute Gasteiger partial charge is 0.349 e. The van der Waals surface area contributed by atoms with Crippen LogP contribution in [0.1, 0.15) is 52.4 Å². The first-order valence-corrected chi connectivity index (χ1v) is 11.0. The third kappa shape index (κ3) is 4.94. The molecule has 0 radical (unpaired) electrons. The fourth-order valence-corrected chi connectivity index (χ4v) is 4.50. The van der Waals surface area contributed by atoms with Crippen LogP contribution in [0.5, 0.6) is 0 Å². The zero-order valence-corrected chi connectivity index (χ0v) is 16.6. The molecule has 1 heterocycles. The molecule has 0 aromatic rings. The van der Waals surface area contributed by atoms with Gasteiger partial charge in [-0.3, -0.25) is 9.59 Å². The summed E-state index contributed by atoms with van der Waals surface area (Å²) in [5.74, 6) is -0.192. The van der Waals surface area contributed by atoms with Crippen LogP contribution < -0.4 is 5.32 Å². The van der Waals surface area contributed by atoms with Gasteiger partial charge in [-0.1, -0.05) is 20.3 Å². The number of carbonyl (C=O) groups is 2. The van der Waals surface area contributed by atoms with Gasteiger partial charge in [0.25, 0.3) is 0 Å². The van der Waals surface area contributed by atoms with Gasteiger partial charge in [0.05, 0.1) is 11.8 Å². The molecule has 0 spiro atoms. The molecule has 7 nitrogen and oxygen atoms in total. The van der Waals surface area contributed by atoms with Gasteiger partial charge in [0, 0.05) is 26.1 Å². The molecule has 0 bridgehead atoms. The minimum atomic E-state index is -3.40. The lowest BCUT2D eigenvalue weighted by molar-refractivity contribution is -0.136. The molecule has 1 N–H and O–H groups in total. The van der Waals surface area contributed by atoms with E-state index in [0.29, 0.717) is 19.5 Å². The third-order valence-electron chi connectivity index (χ3n) is 5.38. The predicted molar refractivity (Wildman–Crippen MR) is 96.4 cm³/mol. The molecule has 2 rings (SSSR count). The Hall–Kier alpha value is -1.15. The molecule has 0 aromatic heterocycles. The minimum Gasteiger partial charge on any atom is -0.349 e. The average molecular weight is 374 g/mol. The van der Waals surface area contributed by atoms with E-state index in [1.807, 2.05) is 13.8 Å². The monoisotopic (exact) mass is 373 g/mol. The highest BCUT2D eigenvalue weighted by atomic mass is 32.2. The summed E-state index contributed by atoms with van der Waals surface area (Å²) in [7, 11) is -1.70. The molecule has 1 saturated carbocycles. The number of rotatable bonds is 7. The lowest BCUT2D eigenvalue weighted by Crippen LogP contribution is -2.55. The average Bonchev–Trinajstić information content (AvgIpc) is 3.31. The number of sulfonamides is 1. The van der Waals surface area contributed by atoms with Gasteiger partial charge in [0.1, 0.15) is 6.04 Å². The minimum absolute atomic E-state index is 0.0243. The molecule has 2 atom stereocenters. The Bertz CT molecular complexity index is 615. The molecule has 1 aliphatic heterocycles. The van der Waals surface area contributed by atoms with Crippen molar-refractivity contribution in [3.8, 4) is 0 Å². The van der Waals surface area contributed by atoms with Crippen molar-refractivity contribution < 1.29 is 18.0 Å². The van der Waals surface area contributed by atoms with Gasteiger partial charge in [0.15, 0.2) is 0 Å². The first-order valence-electron chi connectivity index (χ1n) is 9.13. The summed E-state index contributed by atoms with van der Waals surface area (Å²) in [6, 6.07) is -0.616. The quantitative estimate of drug-likeness (QED) is 0.720. The highest BCUT2D eigenvalue weighted by Gasteiger charge is 2.47. The number of hydrogen-bond acceptors (Lipinski definition) is 4. The summed E-state index contributed by atoms with van der Waals surface area (Å²) in [5.41, 5.74) is -0.338. The first-order chi connectivity index (χ1) is 11.6. The van der Waals surface area contributed by atoms with Crippen molar-refractivity contribution in [3.05, 3.63) is 0 Å². The Morgan fingerprint density at radius 3 is 2.48 bits per heavy atom. The van der Waals surface area contributed by atoms with Crippen LogP contribution in [-0.4, -0.2) is 67.4 Å². The van der Waals surface area contributed by atoms with Crippen LogP contribution in [-0.2, 0) is 19.6 Å². The van der Waals surface area contributed by atoms with Gasteiger partial charge in [0.2, 0.25) is 21.8 Å². The normalized spacial score (nSPS) is 24.4. The van der Waals surface area contributed by atoms with Gasteiger partial charge >= 0.3 is 0 Å². The van der Waals surface area contributed by atoms with Crippen LogP contribution in [0, 0.1) is 5.92 Å². The molecule has 2 unspecified atom stereocenters. The van der Waals surface area contributed by atoms with Crippen molar-refractivity contribution in [2.45, 2.75) is 64.0 Å². The maximum atomic E-state index is 12.8.